The molecule has 0 bridgehead atoms. The quantitative estimate of drug-likeness (QED) is 0.212. The summed E-state index contributed by atoms with van der Waals surface area (Å²) in [4.78, 5) is 8.72. The van der Waals surface area contributed by atoms with Gasteiger partial charge in [-0.25, -0.2) is 4.98 Å². The summed E-state index contributed by atoms with van der Waals surface area (Å²) in [7, 11) is 4.95. The van der Waals surface area contributed by atoms with E-state index in [1.165, 1.54) is 16.7 Å². The van der Waals surface area contributed by atoms with Crippen LogP contribution in [0.2, 0.25) is 0 Å². The van der Waals surface area contributed by atoms with Crippen LogP contribution in [0.25, 0.3) is 0 Å². The molecule has 3 rings (SSSR count). The van der Waals surface area contributed by atoms with Gasteiger partial charge >= 0.3 is 0 Å². The fourth-order valence-electron chi connectivity index (χ4n) is 3.54. The highest BCUT2D eigenvalue weighted by molar-refractivity contribution is 14.0. The molecule has 2 N–H and O–H groups in total. The SMILES string of the molecule is CN=C(NCCc1cc(C)cc(C)c1)NCc1ccc(Oc2c(OC)cccc2OC)nc1.I. The van der Waals surface area contributed by atoms with Crippen LogP contribution in [-0.4, -0.2) is 38.8 Å². The van der Waals surface area contributed by atoms with Crippen molar-refractivity contribution in [3.8, 4) is 23.1 Å². The molecule has 1 heterocycles. The molecular formula is C26H33IN4O3. The van der Waals surface area contributed by atoms with Crippen molar-refractivity contribution in [2.75, 3.05) is 27.8 Å². The summed E-state index contributed by atoms with van der Waals surface area (Å²) >= 11 is 0. The first kappa shape index (κ1) is 27.2. The first-order valence-corrected chi connectivity index (χ1v) is 10.9. The van der Waals surface area contributed by atoms with Crippen LogP contribution in [-0.2, 0) is 13.0 Å². The molecule has 182 valence electrons. The second kappa shape index (κ2) is 13.6. The van der Waals surface area contributed by atoms with Gasteiger partial charge in [0.1, 0.15) is 0 Å². The molecule has 34 heavy (non-hydrogen) atoms. The maximum atomic E-state index is 5.92. The molecule has 1 aromatic heterocycles. The molecule has 3 aromatic rings. The summed E-state index contributed by atoms with van der Waals surface area (Å²) in [5.41, 5.74) is 4.90. The standard InChI is InChI=1S/C26H32N4O3.HI/c1-18-13-19(2)15-20(14-18)11-12-28-26(27-3)30-17-21-9-10-24(29-16-21)33-25-22(31-4)7-6-8-23(25)32-5;/h6-10,13-16H,11-12,17H2,1-5H3,(H2,27,28,30);1H. The minimum Gasteiger partial charge on any atom is -0.493 e. The number of benzene rings is 2. The Hall–Kier alpha value is -3.01. The third-order valence-corrected chi connectivity index (χ3v) is 5.06. The number of guanidine groups is 1. The zero-order valence-electron chi connectivity index (χ0n) is 20.3. The number of nitrogens with one attached hydrogen (secondary N) is 2. The van der Waals surface area contributed by atoms with Crippen LogP contribution < -0.4 is 24.8 Å². The van der Waals surface area contributed by atoms with Crippen LogP contribution in [0.15, 0.2) is 59.7 Å². The second-order valence-electron chi connectivity index (χ2n) is 7.70. The molecule has 0 aliphatic rings. The minimum atomic E-state index is 0. The van der Waals surface area contributed by atoms with E-state index in [-0.39, 0.29) is 24.0 Å². The van der Waals surface area contributed by atoms with E-state index < -0.39 is 0 Å². The Bertz CT molecular complexity index is 1050. The number of halogens is 1. The normalized spacial score (nSPS) is 10.8. The van der Waals surface area contributed by atoms with Gasteiger partial charge in [-0.1, -0.05) is 41.5 Å². The van der Waals surface area contributed by atoms with Gasteiger partial charge in [0.15, 0.2) is 17.5 Å². The molecule has 0 spiro atoms. The minimum absolute atomic E-state index is 0. The van der Waals surface area contributed by atoms with Crippen molar-refractivity contribution < 1.29 is 14.2 Å². The van der Waals surface area contributed by atoms with Crippen molar-refractivity contribution in [1.82, 2.24) is 15.6 Å². The molecule has 0 aliphatic carbocycles. The number of aryl methyl sites for hydroxylation is 2. The van der Waals surface area contributed by atoms with Gasteiger partial charge in [-0.15, -0.1) is 24.0 Å². The Labute approximate surface area is 219 Å². The van der Waals surface area contributed by atoms with Crippen LogP contribution in [0.4, 0.5) is 0 Å². The van der Waals surface area contributed by atoms with Crippen LogP contribution >= 0.6 is 24.0 Å². The number of rotatable bonds is 9. The highest BCUT2D eigenvalue weighted by Gasteiger charge is 2.13. The van der Waals surface area contributed by atoms with Gasteiger partial charge in [0.2, 0.25) is 11.6 Å². The van der Waals surface area contributed by atoms with E-state index in [9.17, 15) is 0 Å². The molecule has 2 aromatic carbocycles. The lowest BCUT2D eigenvalue weighted by Gasteiger charge is -2.14. The average Bonchev–Trinajstić information content (AvgIpc) is 2.81. The zero-order valence-corrected chi connectivity index (χ0v) is 22.7. The van der Waals surface area contributed by atoms with Crippen molar-refractivity contribution in [3.05, 3.63) is 77.0 Å². The predicted octanol–water partition coefficient (Wildman–Crippen LogP) is 5.03. The first-order valence-electron chi connectivity index (χ1n) is 10.9. The molecule has 0 aliphatic heterocycles. The number of aliphatic imine (C=N–C) groups is 1. The van der Waals surface area contributed by atoms with Crippen molar-refractivity contribution >= 4 is 29.9 Å². The molecule has 0 unspecified atom stereocenters. The topological polar surface area (TPSA) is 77.0 Å². The summed E-state index contributed by atoms with van der Waals surface area (Å²) in [5, 5.41) is 6.68. The number of hydrogen-bond donors (Lipinski definition) is 2. The van der Waals surface area contributed by atoms with Crippen LogP contribution in [0.5, 0.6) is 23.1 Å². The molecule has 0 atom stereocenters. The van der Waals surface area contributed by atoms with Crippen LogP contribution in [0.3, 0.4) is 0 Å². The van der Waals surface area contributed by atoms with E-state index in [0.717, 1.165) is 24.5 Å². The van der Waals surface area contributed by atoms with Gasteiger partial charge in [-0.05, 0) is 43.5 Å². The Morgan fingerprint density at radius 1 is 0.912 bits per heavy atom. The van der Waals surface area contributed by atoms with Gasteiger partial charge in [-0.2, -0.15) is 0 Å². The van der Waals surface area contributed by atoms with E-state index in [2.05, 4.69) is 52.7 Å². The molecule has 7 nitrogen and oxygen atoms in total. The van der Waals surface area contributed by atoms with Gasteiger partial charge in [0.25, 0.3) is 0 Å². The first-order chi connectivity index (χ1) is 16.0. The van der Waals surface area contributed by atoms with Gasteiger partial charge < -0.3 is 24.8 Å². The van der Waals surface area contributed by atoms with Crippen molar-refractivity contribution in [2.45, 2.75) is 26.8 Å². The van der Waals surface area contributed by atoms with Crippen molar-refractivity contribution in [2.24, 2.45) is 4.99 Å². The number of hydrogen-bond acceptors (Lipinski definition) is 5. The second-order valence-corrected chi connectivity index (χ2v) is 7.70. The van der Waals surface area contributed by atoms with Crippen molar-refractivity contribution in [1.29, 1.82) is 0 Å². The highest BCUT2D eigenvalue weighted by Crippen LogP contribution is 2.39. The summed E-state index contributed by atoms with van der Waals surface area (Å²) < 4.78 is 16.7. The fraction of sp³-hybridized carbons (Fsp3) is 0.308. The Balaban J connectivity index is 0.00000408. The average molecular weight is 576 g/mol. The summed E-state index contributed by atoms with van der Waals surface area (Å²) in [6.07, 6.45) is 2.70. The predicted molar refractivity (Wildman–Crippen MR) is 147 cm³/mol. The number of pyridine rings is 1. The van der Waals surface area contributed by atoms with Crippen LogP contribution in [0.1, 0.15) is 22.3 Å². The fourth-order valence-corrected chi connectivity index (χ4v) is 3.54. The molecule has 0 radical (unpaired) electrons. The van der Waals surface area contributed by atoms with E-state index in [0.29, 0.717) is 29.7 Å². The zero-order chi connectivity index (χ0) is 23.6. The number of ether oxygens (including phenoxy) is 3. The smallest absolute Gasteiger partial charge is 0.219 e. The lowest BCUT2D eigenvalue weighted by Crippen LogP contribution is -2.37. The number of para-hydroxylation sites is 1. The Morgan fingerprint density at radius 3 is 2.15 bits per heavy atom. The van der Waals surface area contributed by atoms with E-state index in [1.807, 2.05) is 30.3 Å². The van der Waals surface area contributed by atoms with E-state index in [4.69, 9.17) is 14.2 Å². The molecular weight excluding hydrogens is 543 g/mol. The third kappa shape index (κ3) is 7.79. The largest absolute Gasteiger partial charge is 0.493 e. The molecule has 0 saturated carbocycles. The lowest BCUT2D eigenvalue weighted by molar-refractivity contribution is 0.342. The molecule has 0 saturated heterocycles. The molecule has 0 amide bonds. The monoisotopic (exact) mass is 576 g/mol. The number of aromatic nitrogens is 1. The summed E-state index contributed by atoms with van der Waals surface area (Å²) in [6.45, 7) is 5.64. The van der Waals surface area contributed by atoms with Gasteiger partial charge in [-0.3, -0.25) is 4.99 Å². The summed E-state index contributed by atoms with van der Waals surface area (Å²) in [6, 6.07) is 15.9. The number of methoxy groups -OCH3 is 2. The number of nitrogens with zero attached hydrogens (tertiary/aromatic N) is 2. The highest BCUT2D eigenvalue weighted by atomic mass is 127. The van der Waals surface area contributed by atoms with Gasteiger partial charge in [0, 0.05) is 32.4 Å². The summed E-state index contributed by atoms with van der Waals surface area (Å²) in [5.74, 6) is 2.86. The van der Waals surface area contributed by atoms with E-state index in [1.54, 1.807) is 27.5 Å². The maximum Gasteiger partial charge on any atom is 0.219 e. The third-order valence-electron chi connectivity index (χ3n) is 5.06. The van der Waals surface area contributed by atoms with Crippen molar-refractivity contribution in [3.63, 3.8) is 0 Å². The van der Waals surface area contributed by atoms with Gasteiger partial charge in [0.05, 0.1) is 14.2 Å². The Kier molecular flexibility index (Phi) is 10.9. The molecule has 0 fully saturated rings. The maximum absolute atomic E-state index is 5.92. The molecule has 8 heteroatoms. The van der Waals surface area contributed by atoms with Crippen LogP contribution in [0, 0.1) is 13.8 Å². The Morgan fingerprint density at radius 2 is 1.59 bits per heavy atom. The lowest BCUT2D eigenvalue weighted by atomic mass is 10.1. The van der Waals surface area contributed by atoms with E-state index >= 15 is 0 Å².